The monoisotopic (exact) mass is 289 g/mol. The summed E-state index contributed by atoms with van der Waals surface area (Å²) in [7, 11) is 1.93. The highest BCUT2D eigenvalue weighted by atomic mass is 19.1. The SMILES string of the molecule is CCc1ncnc(N2CCCC[C@H]2c2ccnn2C)c1F. The molecule has 1 saturated heterocycles. The summed E-state index contributed by atoms with van der Waals surface area (Å²) in [6, 6.07) is 2.13. The summed E-state index contributed by atoms with van der Waals surface area (Å²) < 4.78 is 16.4. The fraction of sp³-hybridized carbons (Fsp3) is 0.533. The Morgan fingerprint density at radius 2 is 2.19 bits per heavy atom. The van der Waals surface area contributed by atoms with Crippen LogP contribution >= 0.6 is 0 Å². The molecule has 0 N–H and O–H groups in total. The third kappa shape index (κ3) is 2.50. The summed E-state index contributed by atoms with van der Waals surface area (Å²) in [6.07, 6.45) is 7.01. The Kier molecular flexibility index (Phi) is 3.86. The molecule has 2 aromatic rings. The van der Waals surface area contributed by atoms with E-state index in [4.69, 9.17) is 0 Å². The van der Waals surface area contributed by atoms with Gasteiger partial charge < -0.3 is 4.90 Å². The van der Waals surface area contributed by atoms with Gasteiger partial charge in [0.15, 0.2) is 11.6 Å². The summed E-state index contributed by atoms with van der Waals surface area (Å²) in [5.74, 6) is 0.141. The maximum absolute atomic E-state index is 14.6. The zero-order valence-electron chi connectivity index (χ0n) is 12.5. The van der Waals surface area contributed by atoms with Crippen LogP contribution in [0.4, 0.5) is 10.2 Å². The van der Waals surface area contributed by atoms with Crippen LogP contribution in [0.2, 0.25) is 0 Å². The number of aromatic nitrogens is 4. The molecular weight excluding hydrogens is 269 g/mol. The lowest BCUT2D eigenvalue weighted by Crippen LogP contribution is -2.36. The minimum Gasteiger partial charge on any atom is -0.345 e. The van der Waals surface area contributed by atoms with E-state index in [0.717, 1.165) is 31.5 Å². The summed E-state index contributed by atoms with van der Waals surface area (Å²) in [6.45, 7) is 2.72. The molecule has 0 saturated carbocycles. The standard InChI is InChI=1S/C15H20FN5/c1-3-11-14(16)15(18-10-17-11)21-9-5-4-6-13(21)12-7-8-19-20(12)2/h7-8,10,13H,3-6,9H2,1-2H3/t13-/m0/s1. The van der Waals surface area contributed by atoms with E-state index in [9.17, 15) is 4.39 Å². The Morgan fingerprint density at radius 3 is 2.90 bits per heavy atom. The van der Waals surface area contributed by atoms with Gasteiger partial charge in [0, 0.05) is 19.8 Å². The van der Waals surface area contributed by atoms with Gasteiger partial charge in [-0.05, 0) is 31.7 Å². The van der Waals surface area contributed by atoms with E-state index in [-0.39, 0.29) is 11.9 Å². The first kappa shape index (κ1) is 14.0. The Morgan fingerprint density at radius 1 is 1.33 bits per heavy atom. The molecule has 1 fully saturated rings. The van der Waals surface area contributed by atoms with E-state index in [0.29, 0.717) is 17.9 Å². The Bertz CT molecular complexity index is 624. The molecule has 1 atom stereocenters. The van der Waals surface area contributed by atoms with E-state index in [1.807, 2.05) is 24.7 Å². The molecule has 0 aromatic carbocycles. The van der Waals surface area contributed by atoms with Crippen LogP contribution in [0, 0.1) is 5.82 Å². The highest BCUT2D eigenvalue weighted by molar-refractivity contribution is 5.44. The average molecular weight is 289 g/mol. The van der Waals surface area contributed by atoms with E-state index in [1.165, 1.54) is 6.33 Å². The van der Waals surface area contributed by atoms with Gasteiger partial charge in [0.1, 0.15) is 6.33 Å². The summed E-state index contributed by atoms with van der Waals surface area (Å²) in [5.41, 5.74) is 1.58. The van der Waals surface area contributed by atoms with E-state index in [1.54, 1.807) is 6.20 Å². The van der Waals surface area contributed by atoms with Gasteiger partial charge in [0.25, 0.3) is 0 Å². The predicted octanol–water partition coefficient (Wildman–Crippen LogP) is 2.64. The number of halogens is 1. The molecular formula is C15H20FN5. The molecule has 1 aliphatic heterocycles. The molecule has 0 unspecified atom stereocenters. The van der Waals surface area contributed by atoms with Crippen molar-refractivity contribution in [2.45, 2.75) is 38.6 Å². The van der Waals surface area contributed by atoms with Crippen LogP contribution in [0.3, 0.4) is 0 Å². The Hall–Kier alpha value is -1.98. The van der Waals surface area contributed by atoms with Crippen molar-refractivity contribution in [3.05, 3.63) is 35.8 Å². The van der Waals surface area contributed by atoms with Gasteiger partial charge in [0.2, 0.25) is 0 Å². The molecule has 0 aliphatic carbocycles. The van der Waals surface area contributed by atoms with Gasteiger partial charge in [-0.3, -0.25) is 4.68 Å². The summed E-state index contributed by atoms with van der Waals surface area (Å²) >= 11 is 0. The maximum Gasteiger partial charge on any atom is 0.187 e. The second-order valence-electron chi connectivity index (χ2n) is 5.40. The second-order valence-corrected chi connectivity index (χ2v) is 5.40. The fourth-order valence-electron chi connectivity index (χ4n) is 3.05. The minimum absolute atomic E-state index is 0.125. The van der Waals surface area contributed by atoms with E-state index < -0.39 is 0 Å². The van der Waals surface area contributed by atoms with Gasteiger partial charge in [0.05, 0.1) is 17.4 Å². The number of rotatable bonds is 3. The summed E-state index contributed by atoms with van der Waals surface area (Å²) in [4.78, 5) is 10.3. The Balaban J connectivity index is 2.01. The molecule has 112 valence electrons. The van der Waals surface area contributed by atoms with Crippen LogP contribution in [0.5, 0.6) is 0 Å². The van der Waals surface area contributed by atoms with Crippen molar-refractivity contribution >= 4 is 5.82 Å². The largest absolute Gasteiger partial charge is 0.345 e. The molecule has 1 aliphatic rings. The number of hydrogen-bond donors (Lipinski definition) is 0. The molecule has 21 heavy (non-hydrogen) atoms. The van der Waals surface area contributed by atoms with Gasteiger partial charge in [-0.15, -0.1) is 0 Å². The third-order valence-corrected chi connectivity index (χ3v) is 4.15. The fourth-order valence-corrected chi connectivity index (χ4v) is 3.05. The van der Waals surface area contributed by atoms with Gasteiger partial charge in [-0.25, -0.2) is 14.4 Å². The first-order chi connectivity index (χ1) is 10.2. The van der Waals surface area contributed by atoms with Crippen molar-refractivity contribution in [3.8, 4) is 0 Å². The number of aryl methyl sites for hydroxylation is 2. The highest BCUT2D eigenvalue weighted by Crippen LogP contribution is 2.35. The minimum atomic E-state index is -0.283. The number of anilines is 1. The van der Waals surface area contributed by atoms with Gasteiger partial charge in [-0.2, -0.15) is 5.10 Å². The van der Waals surface area contributed by atoms with Crippen LogP contribution < -0.4 is 4.90 Å². The molecule has 2 aromatic heterocycles. The van der Waals surface area contributed by atoms with Crippen LogP contribution in [0.25, 0.3) is 0 Å². The smallest absolute Gasteiger partial charge is 0.187 e. The first-order valence-corrected chi connectivity index (χ1v) is 7.46. The lowest BCUT2D eigenvalue weighted by atomic mass is 9.99. The highest BCUT2D eigenvalue weighted by Gasteiger charge is 2.29. The Labute approximate surface area is 123 Å². The van der Waals surface area contributed by atoms with E-state index in [2.05, 4.69) is 20.0 Å². The zero-order valence-corrected chi connectivity index (χ0v) is 12.5. The second kappa shape index (κ2) is 5.79. The van der Waals surface area contributed by atoms with Gasteiger partial charge in [-0.1, -0.05) is 6.92 Å². The quantitative estimate of drug-likeness (QED) is 0.871. The zero-order chi connectivity index (χ0) is 14.8. The lowest BCUT2D eigenvalue weighted by molar-refractivity contribution is 0.437. The molecule has 6 heteroatoms. The first-order valence-electron chi connectivity index (χ1n) is 7.46. The molecule has 5 nitrogen and oxygen atoms in total. The molecule has 0 bridgehead atoms. The topological polar surface area (TPSA) is 46.8 Å². The lowest BCUT2D eigenvalue weighted by Gasteiger charge is -2.36. The van der Waals surface area contributed by atoms with Gasteiger partial charge >= 0.3 is 0 Å². The van der Waals surface area contributed by atoms with Crippen LogP contribution in [0.1, 0.15) is 43.6 Å². The number of nitrogens with zero attached hydrogens (tertiary/aromatic N) is 5. The molecule has 3 rings (SSSR count). The third-order valence-electron chi connectivity index (χ3n) is 4.15. The van der Waals surface area contributed by atoms with Crippen molar-refractivity contribution in [1.29, 1.82) is 0 Å². The maximum atomic E-state index is 14.6. The normalized spacial score (nSPS) is 19.0. The van der Waals surface area contributed by atoms with E-state index >= 15 is 0 Å². The molecule has 3 heterocycles. The van der Waals surface area contributed by atoms with Crippen molar-refractivity contribution in [2.75, 3.05) is 11.4 Å². The number of piperidine rings is 1. The van der Waals surface area contributed by atoms with Crippen LogP contribution in [-0.4, -0.2) is 26.3 Å². The van der Waals surface area contributed by atoms with Crippen LogP contribution in [0.15, 0.2) is 18.6 Å². The van der Waals surface area contributed by atoms with Crippen molar-refractivity contribution in [1.82, 2.24) is 19.7 Å². The molecule has 0 radical (unpaired) electrons. The van der Waals surface area contributed by atoms with Crippen molar-refractivity contribution in [3.63, 3.8) is 0 Å². The molecule has 0 amide bonds. The van der Waals surface area contributed by atoms with Crippen molar-refractivity contribution < 1.29 is 4.39 Å². The van der Waals surface area contributed by atoms with Crippen LogP contribution in [-0.2, 0) is 13.5 Å². The molecule has 0 spiro atoms. The summed E-state index contributed by atoms with van der Waals surface area (Å²) in [5, 5.41) is 4.24. The predicted molar refractivity (Wildman–Crippen MR) is 78.5 cm³/mol. The van der Waals surface area contributed by atoms with Crippen molar-refractivity contribution in [2.24, 2.45) is 7.05 Å². The number of hydrogen-bond acceptors (Lipinski definition) is 4. The average Bonchev–Trinajstić information content (AvgIpc) is 2.93.